The van der Waals surface area contributed by atoms with Gasteiger partial charge in [-0.1, -0.05) is 103 Å². The molecule has 4 rings (SSSR count). The first-order valence-electron chi connectivity index (χ1n) is 17.7. The Labute approximate surface area is 292 Å². The van der Waals surface area contributed by atoms with Gasteiger partial charge in [0.25, 0.3) is 7.52 Å². The monoisotopic (exact) mass is 691 g/mol. The third-order valence-electron chi connectivity index (χ3n) is 9.49. The standard InChI is InChI=1S/C41H60N2O3P2/c1-38(2,3)31-46-48(45,39(4,5)6)43-28-26-33(27-29-43)42-37(44)41(9,10)30-40(7,8)32-47(34-20-14-11-15-21-34,35-22-16-12-17-23-35)36-24-18-13-19-25-36/h11-25,33H,26-32H2,1-10H3/p+1. The maximum Gasteiger partial charge on any atom is 0.277 e. The molecule has 3 aromatic carbocycles. The van der Waals surface area contributed by atoms with Crippen molar-refractivity contribution in [3.8, 4) is 0 Å². The third-order valence-corrected chi connectivity index (χ3v) is 17.7. The highest BCUT2D eigenvalue weighted by Gasteiger charge is 2.51. The van der Waals surface area contributed by atoms with Crippen LogP contribution in [-0.4, -0.2) is 47.6 Å². The SMILES string of the molecule is CC(C)(C)COP(=O)(N1CCC(NC(=O)C(C)(C)CC(C)(C)C[P+](c2ccccc2)(c2ccccc2)c2ccccc2)CC1)C(C)(C)C. The Morgan fingerprint density at radius 2 is 1.17 bits per heavy atom. The number of benzene rings is 3. The molecule has 1 heterocycles. The first kappa shape index (κ1) is 38.5. The van der Waals surface area contributed by atoms with Crippen LogP contribution < -0.4 is 21.2 Å². The van der Waals surface area contributed by atoms with E-state index in [9.17, 15) is 9.36 Å². The van der Waals surface area contributed by atoms with Crippen molar-refractivity contribution in [2.24, 2.45) is 16.2 Å². The van der Waals surface area contributed by atoms with Crippen LogP contribution in [0.3, 0.4) is 0 Å². The fourth-order valence-electron chi connectivity index (χ4n) is 7.38. The molecule has 0 aromatic heterocycles. The lowest BCUT2D eigenvalue weighted by atomic mass is 9.75. The van der Waals surface area contributed by atoms with Crippen molar-refractivity contribution < 1.29 is 13.9 Å². The van der Waals surface area contributed by atoms with Crippen LogP contribution in [0.2, 0.25) is 0 Å². The lowest BCUT2D eigenvalue weighted by Gasteiger charge is -2.44. The van der Waals surface area contributed by atoms with Crippen LogP contribution in [0.25, 0.3) is 0 Å². The molecule has 262 valence electrons. The summed E-state index contributed by atoms with van der Waals surface area (Å²) in [6.45, 7) is 23.0. The summed E-state index contributed by atoms with van der Waals surface area (Å²) in [6, 6.07) is 33.0. The Morgan fingerprint density at radius 1 is 0.750 bits per heavy atom. The normalized spacial score (nSPS) is 17.1. The quantitative estimate of drug-likeness (QED) is 0.193. The number of piperidine rings is 1. The molecule has 5 nitrogen and oxygen atoms in total. The van der Waals surface area contributed by atoms with Gasteiger partial charge in [0.05, 0.1) is 17.9 Å². The minimum Gasteiger partial charge on any atom is -0.353 e. The third kappa shape index (κ3) is 9.08. The van der Waals surface area contributed by atoms with E-state index in [1.54, 1.807) is 0 Å². The van der Waals surface area contributed by atoms with E-state index in [0.717, 1.165) is 25.4 Å². The van der Waals surface area contributed by atoms with Crippen LogP contribution in [0.1, 0.15) is 88.5 Å². The smallest absolute Gasteiger partial charge is 0.277 e. The molecule has 1 saturated heterocycles. The molecule has 48 heavy (non-hydrogen) atoms. The van der Waals surface area contributed by atoms with Gasteiger partial charge in [0.2, 0.25) is 5.91 Å². The highest BCUT2D eigenvalue weighted by molar-refractivity contribution is 7.95. The number of hydrogen-bond acceptors (Lipinski definition) is 3. The first-order chi connectivity index (χ1) is 22.3. The number of carbonyl (C=O) groups excluding carboxylic acids is 1. The lowest BCUT2D eigenvalue weighted by Crippen LogP contribution is -2.50. The van der Waals surface area contributed by atoms with E-state index in [-0.39, 0.29) is 22.8 Å². The zero-order valence-corrected chi connectivity index (χ0v) is 33.0. The van der Waals surface area contributed by atoms with E-state index in [0.29, 0.717) is 19.7 Å². The second-order valence-corrected chi connectivity index (χ2v) is 24.1. The molecule has 0 aliphatic carbocycles. The minimum absolute atomic E-state index is 0.0525. The molecule has 0 bridgehead atoms. The predicted octanol–water partition coefficient (Wildman–Crippen LogP) is 9.06. The summed E-state index contributed by atoms with van der Waals surface area (Å²) in [5.74, 6) is 0.0973. The Kier molecular flexibility index (Phi) is 12.0. The minimum atomic E-state index is -3.07. The molecular weight excluding hydrogens is 630 g/mol. The second-order valence-electron chi connectivity index (χ2n) is 17.4. The number of hydrogen-bond donors (Lipinski definition) is 1. The second kappa shape index (κ2) is 14.9. The Bertz CT molecular complexity index is 1420. The van der Waals surface area contributed by atoms with Gasteiger partial charge in [0.15, 0.2) is 0 Å². The lowest BCUT2D eigenvalue weighted by molar-refractivity contribution is -0.131. The molecular formula is C41H61N2O3P2+. The summed E-state index contributed by atoms with van der Waals surface area (Å²) in [5, 5.41) is 7.03. The molecule has 1 N–H and O–H groups in total. The van der Waals surface area contributed by atoms with Crippen molar-refractivity contribution in [2.45, 2.75) is 99.7 Å². The van der Waals surface area contributed by atoms with Crippen molar-refractivity contribution >= 4 is 36.6 Å². The summed E-state index contributed by atoms with van der Waals surface area (Å²) in [4.78, 5) is 14.0. The van der Waals surface area contributed by atoms with Gasteiger partial charge in [-0.15, -0.1) is 0 Å². The van der Waals surface area contributed by atoms with E-state index in [4.69, 9.17) is 4.52 Å². The molecule has 1 amide bonds. The number of nitrogens with zero attached hydrogens (tertiary/aromatic N) is 1. The molecule has 3 aromatic rings. The van der Waals surface area contributed by atoms with Gasteiger partial charge in [-0.05, 0) is 81.8 Å². The topological polar surface area (TPSA) is 58.6 Å². The molecule has 0 saturated carbocycles. The van der Waals surface area contributed by atoms with Crippen LogP contribution in [0.4, 0.5) is 0 Å². The van der Waals surface area contributed by atoms with Crippen molar-refractivity contribution in [3.05, 3.63) is 91.0 Å². The van der Waals surface area contributed by atoms with Crippen LogP contribution in [0, 0.1) is 16.2 Å². The average molecular weight is 692 g/mol. The van der Waals surface area contributed by atoms with Crippen molar-refractivity contribution in [1.29, 1.82) is 0 Å². The highest BCUT2D eigenvalue weighted by atomic mass is 31.2. The van der Waals surface area contributed by atoms with E-state index < -0.39 is 25.4 Å². The molecule has 1 unspecified atom stereocenters. The van der Waals surface area contributed by atoms with Gasteiger partial charge in [0.1, 0.15) is 23.2 Å². The van der Waals surface area contributed by atoms with Gasteiger partial charge < -0.3 is 9.84 Å². The summed E-state index contributed by atoms with van der Waals surface area (Å²) in [5.41, 5.74) is -0.794. The summed E-state index contributed by atoms with van der Waals surface area (Å²) in [6.07, 6.45) is 3.21. The molecule has 1 fully saturated rings. The van der Waals surface area contributed by atoms with E-state index in [1.807, 2.05) is 20.8 Å². The van der Waals surface area contributed by atoms with Gasteiger partial charge in [0, 0.05) is 30.0 Å². The molecule has 7 heteroatoms. The maximum atomic E-state index is 14.3. The molecule has 1 aliphatic heterocycles. The van der Waals surface area contributed by atoms with Gasteiger partial charge in [-0.25, -0.2) is 4.67 Å². The average Bonchev–Trinajstić information content (AvgIpc) is 3.02. The Morgan fingerprint density at radius 3 is 1.54 bits per heavy atom. The first-order valence-corrected chi connectivity index (χ1v) is 21.2. The maximum absolute atomic E-state index is 14.3. The van der Waals surface area contributed by atoms with Gasteiger partial charge >= 0.3 is 0 Å². The zero-order valence-electron chi connectivity index (χ0n) is 31.3. The fourth-order valence-corrected chi connectivity index (χ4v) is 15.0. The largest absolute Gasteiger partial charge is 0.353 e. The van der Waals surface area contributed by atoms with E-state index in [2.05, 4.69) is 149 Å². The highest BCUT2D eigenvalue weighted by Crippen LogP contribution is 2.63. The Hall–Kier alpha value is -2.29. The van der Waals surface area contributed by atoms with Crippen LogP contribution in [-0.2, 0) is 13.9 Å². The molecule has 1 atom stereocenters. The molecule has 0 spiro atoms. The van der Waals surface area contributed by atoms with Gasteiger partial charge in [-0.2, -0.15) is 0 Å². The predicted molar refractivity (Wildman–Crippen MR) is 208 cm³/mol. The Balaban J connectivity index is 1.52. The van der Waals surface area contributed by atoms with E-state index >= 15 is 0 Å². The van der Waals surface area contributed by atoms with Crippen LogP contribution in [0.15, 0.2) is 91.0 Å². The summed E-state index contributed by atoms with van der Waals surface area (Å²) < 4.78 is 22.6. The molecule has 1 aliphatic rings. The summed E-state index contributed by atoms with van der Waals surface area (Å²) in [7, 11) is -5.12. The van der Waals surface area contributed by atoms with Crippen LogP contribution >= 0.6 is 14.8 Å². The number of carbonyl (C=O) groups is 1. The fraction of sp³-hybridized carbons (Fsp3) is 0.537. The zero-order chi connectivity index (χ0) is 35.4. The molecule has 0 radical (unpaired) electrons. The number of nitrogens with one attached hydrogen (secondary N) is 1. The number of rotatable bonds is 12. The van der Waals surface area contributed by atoms with Crippen molar-refractivity contribution in [2.75, 3.05) is 25.9 Å². The van der Waals surface area contributed by atoms with E-state index in [1.165, 1.54) is 15.9 Å². The van der Waals surface area contributed by atoms with Crippen molar-refractivity contribution in [3.63, 3.8) is 0 Å². The summed E-state index contributed by atoms with van der Waals surface area (Å²) >= 11 is 0. The van der Waals surface area contributed by atoms with Crippen molar-refractivity contribution in [1.82, 2.24) is 9.99 Å². The van der Waals surface area contributed by atoms with Gasteiger partial charge in [-0.3, -0.25) is 9.36 Å². The van der Waals surface area contributed by atoms with Crippen LogP contribution in [0.5, 0.6) is 0 Å². The number of amides is 1.